The Morgan fingerprint density at radius 2 is 1.58 bits per heavy atom. The third kappa shape index (κ3) is 2.56. The number of hydrogen-bond donors (Lipinski definition) is 0. The molecule has 1 fully saturated rings. The highest BCUT2D eigenvalue weighted by molar-refractivity contribution is 6.62. The van der Waals surface area contributed by atoms with Crippen LogP contribution in [-0.2, 0) is 9.31 Å². The molecule has 1 saturated heterocycles. The minimum absolute atomic E-state index is 0.255. The zero-order valence-electron chi connectivity index (χ0n) is 12.6. The van der Waals surface area contributed by atoms with Crippen molar-refractivity contribution in [2.45, 2.75) is 58.7 Å². The molecule has 1 aromatic carbocycles. The summed E-state index contributed by atoms with van der Waals surface area (Å²) in [7, 11) is -0.502. The Morgan fingerprint density at radius 3 is 2.05 bits per heavy atom. The second-order valence-corrected chi connectivity index (χ2v) is 6.52. The molecular weight excluding hydrogens is 242 g/mol. The van der Waals surface area contributed by atoms with Crippen LogP contribution in [0.25, 0.3) is 0 Å². The van der Waals surface area contributed by atoms with E-state index < -0.39 is 18.3 Å². The van der Waals surface area contributed by atoms with Gasteiger partial charge in [0.1, 0.15) is 5.82 Å². The van der Waals surface area contributed by atoms with E-state index in [1.165, 1.54) is 12.1 Å². The zero-order valence-corrected chi connectivity index (χ0v) is 12.6. The van der Waals surface area contributed by atoms with E-state index in [1.807, 2.05) is 33.8 Å². The summed E-state index contributed by atoms with van der Waals surface area (Å²) in [4.78, 5) is 0. The van der Waals surface area contributed by atoms with Gasteiger partial charge in [0.05, 0.1) is 11.2 Å². The Bertz CT molecular complexity index is 467. The lowest BCUT2D eigenvalue weighted by molar-refractivity contribution is 0.00578. The van der Waals surface area contributed by atoms with E-state index in [0.717, 1.165) is 11.0 Å². The first-order valence-corrected chi connectivity index (χ1v) is 6.79. The second-order valence-electron chi connectivity index (χ2n) is 6.52. The summed E-state index contributed by atoms with van der Waals surface area (Å²) < 4.78 is 25.6. The van der Waals surface area contributed by atoms with E-state index in [9.17, 15) is 4.39 Å². The van der Waals surface area contributed by atoms with E-state index in [2.05, 4.69) is 13.8 Å². The van der Waals surface area contributed by atoms with E-state index >= 15 is 0 Å². The molecule has 0 amide bonds. The Labute approximate surface area is 115 Å². The summed E-state index contributed by atoms with van der Waals surface area (Å²) in [6.45, 7) is 12.2. The Hall–Kier alpha value is -0.865. The molecule has 0 bridgehead atoms. The first-order valence-electron chi connectivity index (χ1n) is 6.79. The third-order valence-electron chi connectivity index (χ3n) is 4.18. The molecule has 0 radical (unpaired) electrons. The van der Waals surface area contributed by atoms with Crippen molar-refractivity contribution in [2.75, 3.05) is 0 Å². The van der Waals surface area contributed by atoms with Gasteiger partial charge in [-0.15, -0.1) is 0 Å². The maximum atomic E-state index is 13.5. The number of halogens is 1. The molecule has 0 saturated carbocycles. The van der Waals surface area contributed by atoms with Gasteiger partial charge >= 0.3 is 7.12 Å². The molecule has 1 heterocycles. The summed E-state index contributed by atoms with van der Waals surface area (Å²) in [5, 5.41) is 0. The van der Waals surface area contributed by atoms with Crippen LogP contribution in [0.3, 0.4) is 0 Å². The predicted octanol–water partition coefficient (Wildman–Crippen LogP) is 3.25. The fourth-order valence-corrected chi connectivity index (χ4v) is 2.25. The van der Waals surface area contributed by atoms with Crippen LogP contribution in [0.2, 0.25) is 0 Å². The topological polar surface area (TPSA) is 18.5 Å². The second kappa shape index (κ2) is 4.60. The minimum Gasteiger partial charge on any atom is -0.399 e. The Morgan fingerprint density at radius 1 is 1.05 bits per heavy atom. The minimum atomic E-state index is -0.502. The van der Waals surface area contributed by atoms with Gasteiger partial charge in [-0.1, -0.05) is 19.9 Å². The molecule has 2 nitrogen and oxygen atoms in total. The standard InChI is InChI=1S/C15H22BFO2/c1-10(2)12-8-7-11(17)9-13(12)16-18-14(3,4)15(5,6)19-16/h7-10H,1-6H3. The average Bonchev–Trinajstić information content (AvgIpc) is 2.47. The molecule has 1 aromatic rings. The first kappa shape index (κ1) is 14.5. The van der Waals surface area contributed by atoms with Crippen LogP contribution in [0.4, 0.5) is 4.39 Å². The van der Waals surface area contributed by atoms with Crippen LogP contribution in [-0.4, -0.2) is 18.3 Å². The van der Waals surface area contributed by atoms with Gasteiger partial charge in [-0.2, -0.15) is 0 Å². The SMILES string of the molecule is CC(C)c1ccc(F)cc1B1OC(C)(C)C(C)(C)O1. The average molecular weight is 264 g/mol. The van der Waals surface area contributed by atoms with Gasteiger partial charge in [-0.3, -0.25) is 0 Å². The Balaban J connectivity index is 2.41. The Kier molecular flexibility index (Phi) is 3.52. The summed E-state index contributed by atoms with van der Waals surface area (Å²) in [6, 6.07) is 4.84. The lowest BCUT2D eigenvalue weighted by atomic mass is 9.73. The highest BCUT2D eigenvalue weighted by atomic mass is 19.1. The zero-order chi connectivity index (χ0) is 14.4. The molecule has 0 unspecified atom stereocenters. The molecule has 19 heavy (non-hydrogen) atoms. The highest BCUT2D eigenvalue weighted by Gasteiger charge is 2.52. The van der Waals surface area contributed by atoms with Crippen LogP contribution in [0.1, 0.15) is 53.0 Å². The van der Waals surface area contributed by atoms with Crippen molar-refractivity contribution >= 4 is 12.6 Å². The van der Waals surface area contributed by atoms with Crippen molar-refractivity contribution in [3.8, 4) is 0 Å². The van der Waals surface area contributed by atoms with Gasteiger partial charge in [0, 0.05) is 0 Å². The normalized spacial score (nSPS) is 21.2. The maximum Gasteiger partial charge on any atom is 0.495 e. The monoisotopic (exact) mass is 264 g/mol. The van der Waals surface area contributed by atoms with Crippen molar-refractivity contribution in [3.05, 3.63) is 29.6 Å². The molecule has 104 valence electrons. The van der Waals surface area contributed by atoms with Crippen LogP contribution in [0.5, 0.6) is 0 Å². The summed E-state index contributed by atoms with van der Waals surface area (Å²) in [5.41, 5.74) is 1.06. The fourth-order valence-electron chi connectivity index (χ4n) is 2.25. The van der Waals surface area contributed by atoms with E-state index in [-0.39, 0.29) is 5.82 Å². The largest absolute Gasteiger partial charge is 0.495 e. The van der Waals surface area contributed by atoms with Crippen molar-refractivity contribution < 1.29 is 13.7 Å². The van der Waals surface area contributed by atoms with Gasteiger partial charge in [0.15, 0.2) is 0 Å². The van der Waals surface area contributed by atoms with Crippen molar-refractivity contribution in [3.63, 3.8) is 0 Å². The van der Waals surface area contributed by atoms with Gasteiger partial charge in [0.2, 0.25) is 0 Å². The molecule has 2 rings (SSSR count). The molecule has 4 heteroatoms. The molecule has 0 N–H and O–H groups in total. The number of benzene rings is 1. The van der Waals surface area contributed by atoms with Gasteiger partial charge < -0.3 is 9.31 Å². The lowest BCUT2D eigenvalue weighted by Crippen LogP contribution is -2.41. The van der Waals surface area contributed by atoms with Gasteiger partial charge in [-0.25, -0.2) is 4.39 Å². The fraction of sp³-hybridized carbons (Fsp3) is 0.600. The lowest BCUT2D eigenvalue weighted by Gasteiger charge is -2.32. The highest BCUT2D eigenvalue weighted by Crippen LogP contribution is 2.37. The first-order chi connectivity index (χ1) is 8.64. The van der Waals surface area contributed by atoms with Crippen LogP contribution in [0.15, 0.2) is 18.2 Å². The van der Waals surface area contributed by atoms with Crippen molar-refractivity contribution in [1.82, 2.24) is 0 Å². The van der Waals surface area contributed by atoms with Gasteiger partial charge in [0.25, 0.3) is 0 Å². The number of hydrogen-bond acceptors (Lipinski definition) is 2. The smallest absolute Gasteiger partial charge is 0.399 e. The molecule has 1 aliphatic rings. The number of rotatable bonds is 2. The molecule has 0 aromatic heterocycles. The quantitative estimate of drug-likeness (QED) is 0.763. The summed E-state index contributed by atoms with van der Waals surface area (Å²) >= 11 is 0. The summed E-state index contributed by atoms with van der Waals surface area (Å²) in [6.07, 6.45) is 0. The van der Waals surface area contributed by atoms with E-state index in [1.54, 1.807) is 0 Å². The van der Waals surface area contributed by atoms with Gasteiger partial charge in [-0.05, 0) is 56.8 Å². The van der Waals surface area contributed by atoms with Crippen LogP contribution >= 0.6 is 0 Å². The van der Waals surface area contributed by atoms with Crippen LogP contribution in [0, 0.1) is 5.82 Å². The molecule has 0 aliphatic carbocycles. The molecule has 0 spiro atoms. The molecular formula is C15H22BFO2. The molecule has 1 aliphatic heterocycles. The van der Waals surface area contributed by atoms with Crippen molar-refractivity contribution in [1.29, 1.82) is 0 Å². The third-order valence-corrected chi connectivity index (χ3v) is 4.18. The van der Waals surface area contributed by atoms with E-state index in [4.69, 9.17) is 9.31 Å². The van der Waals surface area contributed by atoms with Crippen molar-refractivity contribution in [2.24, 2.45) is 0 Å². The molecule has 0 atom stereocenters. The van der Waals surface area contributed by atoms with E-state index in [0.29, 0.717) is 5.92 Å². The summed E-state index contributed by atoms with van der Waals surface area (Å²) in [5.74, 6) is 0.0451. The predicted molar refractivity (Wildman–Crippen MR) is 76.2 cm³/mol. The maximum absolute atomic E-state index is 13.5. The van der Waals surface area contributed by atoms with Crippen LogP contribution < -0.4 is 5.46 Å².